The third kappa shape index (κ3) is 6.30. The zero-order chi connectivity index (χ0) is 17.7. The zero-order valence-corrected chi connectivity index (χ0v) is 14.6. The van der Waals surface area contributed by atoms with Crippen molar-refractivity contribution in [3.8, 4) is 5.75 Å². The maximum Gasteiger partial charge on any atom is 0.309 e. The molecule has 5 heteroatoms. The predicted molar refractivity (Wildman–Crippen MR) is 89.7 cm³/mol. The first-order valence-corrected chi connectivity index (χ1v) is 7.76. The summed E-state index contributed by atoms with van der Waals surface area (Å²) in [7, 11) is 0. The van der Waals surface area contributed by atoms with Crippen molar-refractivity contribution in [3.05, 3.63) is 29.8 Å². The van der Waals surface area contributed by atoms with E-state index in [-0.39, 0.29) is 17.9 Å². The molecule has 1 aromatic carbocycles. The normalized spacial score (nSPS) is 11.9. The van der Waals surface area contributed by atoms with E-state index < -0.39 is 11.4 Å². The lowest BCUT2D eigenvalue weighted by atomic mass is 9.87. The van der Waals surface area contributed by atoms with Crippen LogP contribution < -0.4 is 10.1 Å². The number of carboxylic acids is 1. The molecule has 0 radical (unpaired) electrons. The fraction of sp³-hybridized carbons (Fsp3) is 0.556. The lowest BCUT2D eigenvalue weighted by molar-refractivity contribution is -0.147. The third-order valence-corrected chi connectivity index (χ3v) is 3.74. The molecular weight excluding hydrogens is 294 g/mol. The number of carbonyl (C=O) groups excluding carboxylic acids is 1. The molecule has 0 aliphatic heterocycles. The maximum absolute atomic E-state index is 11.7. The molecular formula is C18H27NO4. The highest BCUT2D eigenvalue weighted by atomic mass is 16.5. The van der Waals surface area contributed by atoms with E-state index in [4.69, 9.17) is 9.84 Å². The molecule has 0 unspecified atom stereocenters. The second kappa shape index (κ2) is 7.49. The molecule has 5 nitrogen and oxygen atoms in total. The van der Waals surface area contributed by atoms with Crippen LogP contribution in [0.5, 0.6) is 5.75 Å². The lowest BCUT2D eigenvalue weighted by Crippen LogP contribution is -2.34. The van der Waals surface area contributed by atoms with Gasteiger partial charge in [-0.25, -0.2) is 0 Å². The van der Waals surface area contributed by atoms with Crippen LogP contribution in [0.2, 0.25) is 0 Å². The molecule has 0 bridgehead atoms. The number of hydrogen-bond donors (Lipinski definition) is 2. The van der Waals surface area contributed by atoms with Gasteiger partial charge in [0.05, 0.1) is 5.41 Å². The molecule has 0 aliphatic rings. The monoisotopic (exact) mass is 321 g/mol. The fourth-order valence-electron chi connectivity index (χ4n) is 1.87. The summed E-state index contributed by atoms with van der Waals surface area (Å²) in [5.74, 6) is -0.493. The van der Waals surface area contributed by atoms with Crippen LogP contribution in [-0.4, -0.2) is 30.1 Å². The zero-order valence-electron chi connectivity index (χ0n) is 14.6. The number of carboxylic acid groups (broad SMARTS) is 1. The molecule has 0 spiro atoms. The largest absolute Gasteiger partial charge is 0.484 e. The van der Waals surface area contributed by atoms with Gasteiger partial charge in [0.15, 0.2) is 6.61 Å². The lowest BCUT2D eigenvalue weighted by Gasteiger charge is -2.19. The average Bonchev–Trinajstić information content (AvgIpc) is 2.44. The van der Waals surface area contributed by atoms with E-state index in [0.29, 0.717) is 18.7 Å². The van der Waals surface area contributed by atoms with E-state index in [2.05, 4.69) is 26.1 Å². The third-order valence-electron chi connectivity index (χ3n) is 3.74. The standard InChI is InChI=1S/C18H27NO4/c1-17(2,3)13-6-8-14(9-7-13)23-12-15(20)19-11-10-18(4,5)16(21)22/h6-9H,10-12H2,1-5H3,(H,19,20)(H,21,22). The van der Waals surface area contributed by atoms with Crippen molar-refractivity contribution in [2.24, 2.45) is 5.41 Å². The van der Waals surface area contributed by atoms with Gasteiger partial charge in [-0.15, -0.1) is 0 Å². The van der Waals surface area contributed by atoms with E-state index in [1.807, 2.05) is 24.3 Å². The summed E-state index contributed by atoms with van der Waals surface area (Å²) < 4.78 is 5.44. The van der Waals surface area contributed by atoms with Crippen LogP contribution in [0.1, 0.15) is 46.6 Å². The minimum Gasteiger partial charge on any atom is -0.484 e. The number of nitrogens with one attached hydrogen (secondary N) is 1. The van der Waals surface area contributed by atoms with Crippen molar-refractivity contribution in [2.75, 3.05) is 13.2 Å². The average molecular weight is 321 g/mol. The number of carbonyl (C=O) groups is 2. The van der Waals surface area contributed by atoms with Crippen LogP contribution in [0, 0.1) is 5.41 Å². The Hall–Kier alpha value is -2.04. The van der Waals surface area contributed by atoms with Crippen molar-refractivity contribution >= 4 is 11.9 Å². The minimum atomic E-state index is -0.873. The van der Waals surface area contributed by atoms with Gasteiger partial charge in [-0.05, 0) is 43.4 Å². The molecule has 1 aromatic rings. The number of amides is 1. The van der Waals surface area contributed by atoms with E-state index in [1.54, 1.807) is 13.8 Å². The Bertz CT molecular complexity index is 541. The second-order valence-corrected chi connectivity index (χ2v) is 7.35. The topological polar surface area (TPSA) is 75.6 Å². The van der Waals surface area contributed by atoms with Gasteiger partial charge in [-0.2, -0.15) is 0 Å². The molecule has 23 heavy (non-hydrogen) atoms. The first-order chi connectivity index (χ1) is 10.5. The highest BCUT2D eigenvalue weighted by molar-refractivity contribution is 5.77. The van der Waals surface area contributed by atoms with Crippen molar-refractivity contribution < 1.29 is 19.4 Å². The van der Waals surface area contributed by atoms with Gasteiger partial charge < -0.3 is 15.2 Å². The Morgan fingerprint density at radius 3 is 2.13 bits per heavy atom. The van der Waals surface area contributed by atoms with Crippen LogP contribution in [0.15, 0.2) is 24.3 Å². The quantitative estimate of drug-likeness (QED) is 0.809. The van der Waals surface area contributed by atoms with Crippen LogP contribution in [0.3, 0.4) is 0 Å². The van der Waals surface area contributed by atoms with Crippen LogP contribution >= 0.6 is 0 Å². The van der Waals surface area contributed by atoms with Crippen LogP contribution in [0.25, 0.3) is 0 Å². The molecule has 0 saturated carbocycles. The first-order valence-electron chi connectivity index (χ1n) is 7.76. The fourth-order valence-corrected chi connectivity index (χ4v) is 1.87. The molecule has 0 aliphatic carbocycles. The number of aliphatic carboxylic acids is 1. The van der Waals surface area contributed by atoms with E-state index in [0.717, 1.165) is 0 Å². The van der Waals surface area contributed by atoms with Gasteiger partial charge in [0.1, 0.15) is 5.75 Å². The molecule has 0 saturated heterocycles. The summed E-state index contributed by atoms with van der Waals surface area (Å²) in [6.07, 6.45) is 0.369. The Labute approximate surface area is 138 Å². The number of hydrogen-bond acceptors (Lipinski definition) is 3. The molecule has 0 fully saturated rings. The van der Waals surface area contributed by atoms with Crippen molar-refractivity contribution in [3.63, 3.8) is 0 Å². The van der Waals surface area contributed by atoms with E-state index in [1.165, 1.54) is 5.56 Å². The van der Waals surface area contributed by atoms with Crippen molar-refractivity contribution in [2.45, 2.75) is 46.5 Å². The first kappa shape index (κ1) is 19.0. The summed E-state index contributed by atoms with van der Waals surface area (Å²) in [6.45, 7) is 9.90. The molecule has 128 valence electrons. The van der Waals surface area contributed by atoms with E-state index >= 15 is 0 Å². The van der Waals surface area contributed by atoms with Gasteiger partial charge in [0.2, 0.25) is 0 Å². The highest BCUT2D eigenvalue weighted by Gasteiger charge is 2.26. The van der Waals surface area contributed by atoms with Gasteiger partial charge in [0, 0.05) is 6.54 Å². The van der Waals surface area contributed by atoms with Gasteiger partial charge in [0.25, 0.3) is 5.91 Å². The Balaban J connectivity index is 2.38. The Morgan fingerprint density at radius 2 is 1.65 bits per heavy atom. The second-order valence-electron chi connectivity index (χ2n) is 7.35. The maximum atomic E-state index is 11.7. The van der Waals surface area contributed by atoms with E-state index in [9.17, 15) is 9.59 Å². The summed E-state index contributed by atoms with van der Waals surface area (Å²) in [5, 5.41) is 11.7. The van der Waals surface area contributed by atoms with Gasteiger partial charge in [-0.1, -0.05) is 32.9 Å². The SMILES string of the molecule is CC(C)(CCNC(=O)COc1ccc(C(C)(C)C)cc1)C(=O)O. The molecule has 1 rings (SSSR count). The summed E-state index contributed by atoms with van der Waals surface area (Å²) in [6, 6.07) is 7.67. The highest BCUT2D eigenvalue weighted by Crippen LogP contribution is 2.24. The summed E-state index contributed by atoms with van der Waals surface area (Å²) >= 11 is 0. The molecule has 0 heterocycles. The molecule has 0 aromatic heterocycles. The molecule has 1 amide bonds. The van der Waals surface area contributed by atoms with Gasteiger partial charge >= 0.3 is 5.97 Å². The summed E-state index contributed by atoms with van der Waals surface area (Å²) in [5.41, 5.74) is 0.425. The molecule has 0 atom stereocenters. The Morgan fingerprint density at radius 1 is 1.09 bits per heavy atom. The number of ether oxygens (including phenoxy) is 1. The smallest absolute Gasteiger partial charge is 0.309 e. The number of rotatable bonds is 7. The van der Waals surface area contributed by atoms with Crippen LogP contribution in [0.4, 0.5) is 0 Å². The number of benzene rings is 1. The van der Waals surface area contributed by atoms with Crippen molar-refractivity contribution in [1.82, 2.24) is 5.32 Å². The predicted octanol–water partition coefficient (Wildman–Crippen LogP) is 2.98. The minimum absolute atomic E-state index is 0.0762. The van der Waals surface area contributed by atoms with Crippen LogP contribution in [-0.2, 0) is 15.0 Å². The summed E-state index contributed by atoms with van der Waals surface area (Å²) in [4.78, 5) is 22.7. The van der Waals surface area contributed by atoms with Gasteiger partial charge in [-0.3, -0.25) is 9.59 Å². The Kier molecular flexibility index (Phi) is 6.19. The van der Waals surface area contributed by atoms with Crippen molar-refractivity contribution in [1.29, 1.82) is 0 Å². The molecule has 2 N–H and O–H groups in total.